The van der Waals surface area contributed by atoms with Crippen molar-refractivity contribution < 1.29 is 19.4 Å². The van der Waals surface area contributed by atoms with Crippen LogP contribution in [0.15, 0.2) is 42.5 Å². The molecule has 0 aliphatic carbocycles. The number of carbonyl (C=O) groups is 1. The summed E-state index contributed by atoms with van der Waals surface area (Å²) >= 11 is 0. The number of rotatable bonds is 7. The summed E-state index contributed by atoms with van der Waals surface area (Å²) in [6.45, 7) is 0.978. The van der Waals surface area contributed by atoms with Crippen LogP contribution in [0.4, 0.5) is 0 Å². The zero-order valence-corrected chi connectivity index (χ0v) is 14.7. The van der Waals surface area contributed by atoms with E-state index >= 15 is 0 Å². The highest BCUT2D eigenvalue weighted by Crippen LogP contribution is 2.34. The average Bonchev–Trinajstić information content (AvgIpc) is 2.67. The van der Waals surface area contributed by atoms with Gasteiger partial charge in [-0.2, -0.15) is 5.26 Å². The van der Waals surface area contributed by atoms with Crippen molar-refractivity contribution in [2.45, 2.75) is 43.8 Å². The van der Waals surface area contributed by atoms with E-state index in [1.165, 1.54) is 0 Å². The van der Waals surface area contributed by atoms with Gasteiger partial charge in [0.05, 0.1) is 24.5 Å². The molecule has 2 unspecified atom stereocenters. The van der Waals surface area contributed by atoms with Crippen molar-refractivity contribution in [2.75, 3.05) is 13.2 Å². The molecule has 0 spiro atoms. The van der Waals surface area contributed by atoms with Gasteiger partial charge in [0.1, 0.15) is 0 Å². The molecule has 26 heavy (non-hydrogen) atoms. The lowest BCUT2D eigenvalue weighted by molar-refractivity contribution is -0.164. The molecule has 1 N–H and O–H groups in total. The third-order valence-electron chi connectivity index (χ3n) is 4.94. The first-order chi connectivity index (χ1) is 12.6. The Bertz CT molecular complexity index is 807. The van der Waals surface area contributed by atoms with Crippen molar-refractivity contribution in [3.05, 3.63) is 48.0 Å². The van der Waals surface area contributed by atoms with Crippen LogP contribution in [0.3, 0.4) is 0 Å². The largest absolute Gasteiger partial charge is 0.481 e. The molecular formula is C21H23NO4. The van der Waals surface area contributed by atoms with Gasteiger partial charge < -0.3 is 14.6 Å². The molecule has 1 heterocycles. The van der Waals surface area contributed by atoms with E-state index < -0.39 is 11.4 Å². The number of carboxylic acids is 1. The lowest BCUT2D eigenvalue weighted by atomic mass is 9.76. The first kappa shape index (κ1) is 18.4. The van der Waals surface area contributed by atoms with Gasteiger partial charge in [0.15, 0.2) is 6.29 Å². The van der Waals surface area contributed by atoms with Gasteiger partial charge in [-0.15, -0.1) is 0 Å². The summed E-state index contributed by atoms with van der Waals surface area (Å²) in [7, 11) is 0. The highest BCUT2D eigenvalue weighted by molar-refractivity contribution is 5.83. The van der Waals surface area contributed by atoms with Crippen LogP contribution in [-0.2, 0) is 19.7 Å². The number of ether oxygens (including phenoxy) is 2. The van der Waals surface area contributed by atoms with E-state index in [2.05, 4.69) is 6.07 Å². The Labute approximate surface area is 153 Å². The molecule has 0 bridgehead atoms. The lowest BCUT2D eigenvalue weighted by Gasteiger charge is -2.28. The third kappa shape index (κ3) is 4.21. The van der Waals surface area contributed by atoms with E-state index in [-0.39, 0.29) is 12.7 Å². The minimum Gasteiger partial charge on any atom is -0.481 e. The van der Waals surface area contributed by atoms with Crippen LogP contribution in [0.2, 0.25) is 0 Å². The average molecular weight is 353 g/mol. The lowest BCUT2D eigenvalue weighted by Crippen LogP contribution is -2.31. The summed E-state index contributed by atoms with van der Waals surface area (Å²) in [6, 6.07) is 15.8. The fourth-order valence-electron chi connectivity index (χ4n) is 3.45. The fraction of sp³-hybridized carbons (Fsp3) is 0.429. The van der Waals surface area contributed by atoms with E-state index in [9.17, 15) is 15.2 Å². The molecule has 1 fully saturated rings. The van der Waals surface area contributed by atoms with Gasteiger partial charge in [0, 0.05) is 6.61 Å². The second-order valence-electron chi connectivity index (χ2n) is 6.74. The summed E-state index contributed by atoms with van der Waals surface area (Å²) in [5.41, 5.74) is -0.404. The summed E-state index contributed by atoms with van der Waals surface area (Å²) in [4.78, 5) is 11.5. The maximum atomic E-state index is 11.5. The molecule has 1 aliphatic rings. The molecule has 2 aromatic carbocycles. The van der Waals surface area contributed by atoms with Crippen molar-refractivity contribution >= 4 is 16.7 Å². The maximum Gasteiger partial charge on any atom is 0.305 e. The van der Waals surface area contributed by atoms with Gasteiger partial charge >= 0.3 is 5.97 Å². The molecule has 0 aromatic heterocycles. The van der Waals surface area contributed by atoms with Gasteiger partial charge in [-0.25, -0.2) is 0 Å². The SMILES string of the molecule is N#CC(CCOC1CCCCO1)(CC(=O)O)c1ccc2ccccc2c1. The summed E-state index contributed by atoms with van der Waals surface area (Å²) in [6.07, 6.45) is 2.76. The van der Waals surface area contributed by atoms with Crippen molar-refractivity contribution in [1.82, 2.24) is 0 Å². The third-order valence-corrected chi connectivity index (χ3v) is 4.94. The normalized spacial score (nSPS) is 19.6. The Morgan fingerprint density at radius 3 is 2.77 bits per heavy atom. The van der Waals surface area contributed by atoms with E-state index in [1.54, 1.807) is 0 Å². The highest BCUT2D eigenvalue weighted by Gasteiger charge is 2.35. The number of carboxylic acid groups (broad SMARTS) is 1. The molecule has 136 valence electrons. The van der Waals surface area contributed by atoms with Gasteiger partial charge in [0.2, 0.25) is 0 Å². The van der Waals surface area contributed by atoms with Crippen molar-refractivity contribution in [3.63, 3.8) is 0 Å². The van der Waals surface area contributed by atoms with Crippen molar-refractivity contribution in [1.29, 1.82) is 5.26 Å². The van der Waals surface area contributed by atoms with Crippen LogP contribution in [-0.4, -0.2) is 30.6 Å². The minimum absolute atomic E-state index is 0.249. The topological polar surface area (TPSA) is 79.5 Å². The number of aliphatic carboxylic acids is 1. The molecule has 2 atom stereocenters. The van der Waals surface area contributed by atoms with E-state index in [0.29, 0.717) is 25.2 Å². The molecule has 5 heteroatoms. The molecule has 0 saturated carbocycles. The standard InChI is InChI=1S/C21H23NO4/c22-15-21(14-19(23)24,10-12-26-20-7-3-4-11-25-20)18-9-8-16-5-1-2-6-17(16)13-18/h1-2,5-6,8-9,13,20H,3-4,7,10-12,14H2,(H,23,24). The maximum absolute atomic E-state index is 11.5. The predicted molar refractivity (Wildman–Crippen MR) is 97.7 cm³/mol. The Hall–Kier alpha value is -2.42. The van der Waals surface area contributed by atoms with Gasteiger partial charge in [-0.05, 0) is 48.1 Å². The number of fused-ring (bicyclic) bond motifs is 1. The Balaban J connectivity index is 1.82. The predicted octanol–water partition coefficient (Wildman–Crippen LogP) is 4.01. The summed E-state index contributed by atoms with van der Waals surface area (Å²) in [5, 5.41) is 21.3. The van der Waals surface area contributed by atoms with Gasteiger partial charge in [-0.3, -0.25) is 4.79 Å². The van der Waals surface area contributed by atoms with Crippen LogP contribution >= 0.6 is 0 Å². The van der Waals surface area contributed by atoms with Crippen LogP contribution in [0.1, 0.15) is 37.7 Å². The molecule has 3 rings (SSSR count). The molecule has 1 aliphatic heterocycles. The Morgan fingerprint density at radius 1 is 1.27 bits per heavy atom. The second-order valence-corrected chi connectivity index (χ2v) is 6.74. The van der Waals surface area contributed by atoms with E-state index in [4.69, 9.17) is 9.47 Å². The van der Waals surface area contributed by atoms with Crippen LogP contribution in [0.5, 0.6) is 0 Å². The Kier molecular flexibility index (Phi) is 5.87. The zero-order valence-electron chi connectivity index (χ0n) is 14.7. The zero-order chi connectivity index (χ0) is 18.4. The molecule has 0 amide bonds. The van der Waals surface area contributed by atoms with Crippen LogP contribution in [0, 0.1) is 11.3 Å². The monoisotopic (exact) mass is 353 g/mol. The van der Waals surface area contributed by atoms with Crippen molar-refractivity contribution in [3.8, 4) is 6.07 Å². The van der Waals surface area contributed by atoms with Gasteiger partial charge in [-0.1, -0.05) is 36.4 Å². The highest BCUT2D eigenvalue weighted by atomic mass is 16.7. The first-order valence-electron chi connectivity index (χ1n) is 8.98. The van der Waals surface area contributed by atoms with Crippen LogP contribution in [0.25, 0.3) is 10.8 Å². The number of benzene rings is 2. The molecular weight excluding hydrogens is 330 g/mol. The number of nitriles is 1. The molecule has 1 saturated heterocycles. The van der Waals surface area contributed by atoms with Crippen LogP contribution < -0.4 is 0 Å². The molecule has 2 aromatic rings. The number of hydrogen-bond donors (Lipinski definition) is 1. The minimum atomic E-state index is -1.12. The number of nitrogens with zero attached hydrogens (tertiary/aromatic N) is 1. The van der Waals surface area contributed by atoms with Crippen molar-refractivity contribution in [2.24, 2.45) is 0 Å². The van der Waals surface area contributed by atoms with E-state index in [0.717, 1.165) is 30.0 Å². The quantitative estimate of drug-likeness (QED) is 0.813. The summed E-state index contributed by atoms with van der Waals surface area (Å²) < 4.78 is 11.3. The molecule has 5 nitrogen and oxygen atoms in total. The number of hydrogen-bond acceptors (Lipinski definition) is 4. The smallest absolute Gasteiger partial charge is 0.305 e. The molecule has 0 radical (unpaired) electrons. The fourth-order valence-corrected chi connectivity index (χ4v) is 3.45. The van der Waals surface area contributed by atoms with E-state index in [1.807, 2.05) is 42.5 Å². The second kappa shape index (κ2) is 8.31. The van der Waals surface area contributed by atoms with Gasteiger partial charge in [0.25, 0.3) is 0 Å². The Morgan fingerprint density at radius 2 is 2.08 bits per heavy atom. The summed E-state index contributed by atoms with van der Waals surface area (Å²) in [5.74, 6) is -0.992. The first-order valence-corrected chi connectivity index (χ1v) is 8.98.